The highest BCUT2D eigenvalue weighted by Crippen LogP contribution is 2.47. The molecule has 3 aromatic rings. The van der Waals surface area contributed by atoms with Crippen molar-refractivity contribution in [3.8, 4) is 0 Å². The molecule has 168 valence electrons. The maximum atomic E-state index is 12.5. The van der Waals surface area contributed by atoms with Crippen LogP contribution in [0.2, 0.25) is 0 Å². The van der Waals surface area contributed by atoms with E-state index in [2.05, 4.69) is 21.9 Å². The van der Waals surface area contributed by atoms with Gasteiger partial charge in [-0.2, -0.15) is 0 Å². The molecular weight excluding hydrogens is 416 g/mol. The molecule has 1 unspecified atom stereocenters. The number of H-pyrrole nitrogens is 1. The number of fused-ring (bicyclic) bond motifs is 3. The Morgan fingerprint density at radius 2 is 2.16 bits per heavy atom. The Morgan fingerprint density at radius 3 is 2.97 bits per heavy atom. The molecule has 2 saturated heterocycles. The minimum absolute atomic E-state index is 0.0227. The van der Waals surface area contributed by atoms with Gasteiger partial charge in [-0.1, -0.05) is 31.5 Å². The lowest BCUT2D eigenvalue weighted by Gasteiger charge is -2.31. The molecule has 0 saturated carbocycles. The Bertz CT molecular complexity index is 1160. The molecule has 2 bridgehead atoms. The molecule has 2 aliphatic rings. The summed E-state index contributed by atoms with van der Waals surface area (Å²) >= 11 is 0. The minimum Gasteiger partial charge on any atom is -0.459 e. The molecule has 5 rings (SSSR count). The second-order valence-electron chi connectivity index (χ2n) is 7.99. The fraction of sp³-hybridized carbons (Fsp3) is 0.455. The van der Waals surface area contributed by atoms with Gasteiger partial charge >= 0.3 is 5.97 Å². The summed E-state index contributed by atoms with van der Waals surface area (Å²) in [4.78, 5) is 35.5. The van der Waals surface area contributed by atoms with E-state index >= 15 is 0 Å². The lowest BCUT2D eigenvalue weighted by molar-refractivity contribution is -0.187. The van der Waals surface area contributed by atoms with E-state index in [0.717, 1.165) is 12.8 Å². The lowest BCUT2D eigenvalue weighted by Crippen LogP contribution is -2.47. The number of nitrogens with zero attached hydrogens (tertiary/aromatic N) is 3. The van der Waals surface area contributed by atoms with Gasteiger partial charge in [-0.25, -0.2) is 14.8 Å². The number of rotatable bonds is 8. The topological polar surface area (TPSA) is 118 Å². The monoisotopic (exact) mass is 440 g/mol. The summed E-state index contributed by atoms with van der Waals surface area (Å²) in [6.45, 7) is 2.83. The van der Waals surface area contributed by atoms with Gasteiger partial charge in [0.25, 0.3) is 5.56 Å². The van der Waals surface area contributed by atoms with Crippen LogP contribution in [0.5, 0.6) is 0 Å². The van der Waals surface area contributed by atoms with E-state index in [1.54, 1.807) is 28.8 Å². The van der Waals surface area contributed by atoms with E-state index in [1.165, 1.54) is 12.7 Å². The molecule has 2 fully saturated rings. The zero-order valence-corrected chi connectivity index (χ0v) is 17.6. The lowest BCUT2D eigenvalue weighted by atomic mass is 10.00. The van der Waals surface area contributed by atoms with Gasteiger partial charge in [-0.3, -0.25) is 9.36 Å². The van der Waals surface area contributed by atoms with Crippen LogP contribution in [0.4, 0.5) is 0 Å². The first kappa shape index (κ1) is 20.8. The number of imidazole rings is 1. The van der Waals surface area contributed by atoms with E-state index in [-0.39, 0.29) is 24.3 Å². The van der Waals surface area contributed by atoms with Gasteiger partial charge in [0.15, 0.2) is 23.0 Å². The van der Waals surface area contributed by atoms with Crippen molar-refractivity contribution >= 4 is 17.1 Å². The van der Waals surface area contributed by atoms with Crippen LogP contribution < -0.4 is 5.56 Å². The Hall–Kier alpha value is -3.08. The standard InChI is InChI=1S/C22H24N4O6/c1-2-3-9-29-17-16-20(26-13-25-15-18(26)23-12-24-19(15)27)32-22(17,10-30-16)11-31-21(28)14-7-5-4-6-8-14/h4-8,12-13,16-17,20H,2-3,9-11H2,1H3,(H,23,24,27)/t16-,17?,20+,22+/m0/s1. The van der Waals surface area contributed by atoms with Crippen molar-refractivity contribution in [2.75, 3.05) is 19.8 Å². The molecule has 0 spiro atoms. The highest BCUT2D eigenvalue weighted by Gasteiger charge is 2.64. The van der Waals surface area contributed by atoms with Crippen molar-refractivity contribution in [1.82, 2.24) is 19.5 Å². The number of nitrogens with one attached hydrogen (secondary N) is 1. The molecule has 0 aliphatic carbocycles. The summed E-state index contributed by atoms with van der Waals surface area (Å²) in [6.07, 6.45) is 3.18. The molecular formula is C22H24N4O6. The minimum atomic E-state index is -0.967. The van der Waals surface area contributed by atoms with Gasteiger partial charge in [0, 0.05) is 6.61 Å². The highest BCUT2D eigenvalue weighted by molar-refractivity contribution is 5.89. The molecule has 10 nitrogen and oxygen atoms in total. The van der Waals surface area contributed by atoms with Crippen LogP contribution in [0.1, 0.15) is 36.4 Å². The smallest absolute Gasteiger partial charge is 0.338 e. The molecule has 1 aromatic carbocycles. The van der Waals surface area contributed by atoms with E-state index in [4.69, 9.17) is 18.9 Å². The van der Waals surface area contributed by atoms with Crippen molar-refractivity contribution < 1.29 is 23.7 Å². The van der Waals surface area contributed by atoms with Gasteiger partial charge in [0.1, 0.15) is 18.8 Å². The normalized spacial score (nSPS) is 26.6. The fourth-order valence-electron chi connectivity index (χ4n) is 4.22. The highest BCUT2D eigenvalue weighted by atomic mass is 16.7. The van der Waals surface area contributed by atoms with Crippen LogP contribution in [0.25, 0.3) is 11.2 Å². The van der Waals surface area contributed by atoms with Gasteiger partial charge in [-0.15, -0.1) is 0 Å². The van der Waals surface area contributed by atoms with Gasteiger partial charge in [0.05, 0.1) is 24.8 Å². The Kier molecular flexibility index (Phi) is 5.50. The third-order valence-corrected chi connectivity index (χ3v) is 5.87. The van der Waals surface area contributed by atoms with E-state index in [0.29, 0.717) is 17.8 Å². The molecule has 0 radical (unpaired) electrons. The van der Waals surface area contributed by atoms with Crippen LogP contribution in [0.3, 0.4) is 0 Å². The van der Waals surface area contributed by atoms with Crippen molar-refractivity contribution in [3.05, 3.63) is 58.9 Å². The summed E-state index contributed by atoms with van der Waals surface area (Å²) in [5.74, 6) is -0.441. The van der Waals surface area contributed by atoms with Crippen molar-refractivity contribution in [2.24, 2.45) is 0 Å². The van der Waals surface area contributed by atoms with Gasteiger partial charge in [-0.05, 0) is 18.6 Å². The maximum Gasteiger partial charge on any atom is 0.338 e. The largest absolute Gasteiger partial charge is 0.459 e. The third kappa shape index (κ3) is 3.50. The molecule has 4 atom stereocenters. The van der Waals surface area contributed by atoms with Crippen LogP contribution in [-0.2, 0) is 18.9 Å². The Balaban J connectivity index is 1.41. The average Bonchev–Trinajstić information content (AvgIpc) is 3.49. The zero-order chi connectivity index (χ0) is 22.1. The number of aromatic nitrogens is 4. The molecule has 10 heteroatoms. The van der Waals surface area contributed by atoms with E-state index < -0.39 is 30.0 Å². The quantitative estimate of drug-likeness (QED) is 0.416. The molecule has 0 amide bonds. The van der Waals surface area contributed by atoms with Gasteiger partial charge < -0.3 is 23.9 Å². The van der Waals surface area contributed by atoms with Gasteiger partial charge in [0.2, 0.25) is 0 Å². The van der Waals surface area contributed by atoms with Crippen molar-refractivity contribution in [3.63, 3.8) is 0 Å². The summed E-state index contributed by atoms with van der Waals surface area (Å²) < 4.78 is 25.9. The number of hydrogen-bond donors (Lipinski definition) is 1. The number of aromatic amines is 1. The molecule has 32 heavy (non-hydrogen) atoms. The number of carbonyl (C=O) groups is 1. The summed E-state index contributed by atoms with van der Waals surface area (Å²) in [6, 6.07) is 8.79. The third-order valence-electron chi connectivity index (χ3n) is 5.87. The number of hydrogen-bond acceptors (Lipinski definition) is 8. The Morgan fingerprint density at radius 1 is 1.31 bits per heavy atom. The van der Waals surface area contributed by atoms with E-state index in [9.17, 15) is 9.59 Å². The summed E-state index contributed by atoms with van der Waals surface area (Å²) in [5.41, 5.74) is -0.238. The molecule has 4 heterocycles. The summed E-state index contributed by atoms with van der Waals surface area (Å²) in [7, 11) is 0. The number of unbranched alkanes of at least 4 members (excludes halogenated alkanes) is 1. The predicted octanol–water partition coefficient (Wildman–Crippen LogP) is 1.83. The van der Waals surface area contributed by atoms with Crippen molar-refractivity contribution in [2.45, 2.75) is 43.8 Å². The van der Waals surface area contributed by atoms with Crippen LogP contribution in [-0.4, -0.2) is 63.1 Å². The molecule has 2 aromatic heterocycles. The molecule has 1 N–H and O–H groups in total. The van der Waals surface area contributed by atoms with E-state index in [1.807, 2.05) is 6.07 Å². The van der Waals surface area contributed by atoms with Crippen LogP contribution >= 0.6 is 0 Å². The average molecular weight is 440 g/mol. The Labute approximate surface area is 183 Å². The van der Waals surface area contributed by atoms with Crippen molar-refractivity contribution in [1.29, 1.82) is 0 Å². The number of ether oxygens (including phenoxy) is 4. The fourth-order valence-corrected chi connectivity index (χ4v) is 4.22. The first-order chi connectivity index (χ1) is 15.6. The molecule has 2 aliphatic heterocycles. The maximum absolute atomic E-state index is 12.5. The second kappa shape index (κ2) is 8.45. The van der Waals surface area contributed by atoms with Crippen LogP contribution in [0.15, 0.2) is 47.8 Å². The SMILES string of the molecule is CCCCOC1[C@@H]2OC[C@]1(COC(=O)c1ccccc1)O[C@H]2n1cnc2c(=O)[nH]cnc21. The predicted molar refractivity (Wildman–Crippen MR) is 112 cm³/mol. The first-order valence-electron chi connectivity index (χ1n) is 10.7. The summed E-state index contributed by atoms with van der Waals surface area (Å²) in [5, 5.41) is 0. The number of carbonyl (C=O) groups excluding carboxylic acids is 1. The number of esters is 1. The first-order valence-corrected chi connectivity index (χ1v) is 10.7. The zero-order valence-electron chi connectivity index (χ0n) is 17.6. The second-order valence-corrected chi connectivity index (χ2v) is 7.99. The number of benzene rings is 1. The van der Waals surface area contributed by atoms with Crippen LogP contribution in [0, 0.1) is 0 Å².